The monoisotopic (exact) mass is 618 g/mol. The molecule has 0 bridgehead atoms. The second kappa shape index (κ2) is 9.32. The fraction of sp³-hybridized carbons (Fsp3) is 0.107. The second-order valence-electron chi connectivity index (χ2n) is 9.01. The Kier molecular flexibility index (Phi) is 5.97. The summed E-state index contributed by atoms with van der Waals surface area (Å²) in [5, 5.41) is 3.21. The van der Waals surface area contributed by atoms with Gasteiger partial charge < -0.3 is 14.6 Å². The highest BCUT2D eigenvalue weighted by atomic mass is 79.9. The quantitative estimate of drug-likeness (QED) is 0.266. The van der Waals surface area contributed by atoms with Crippen LogP contribution in [0.4, 0.5) is 0 Å². The van der Waals surface area contributed by atoms with Gasteiger partial charge in [-0.05, 0) is 53.6 Å². The molecule has 3 aromatic heterocycles. The van der Waals surface area contributed by atoms with E-state index in [0.717, 1.165) is 25.6 Å². The molecular formula is C28H20Br2N4O3. The van der Waals surface area contributed by atoms with Gasteiger partial charge in [-0.3, -0.25) is 14.0 Å². The van der Waals surface area contributed by atoms with E-state index in [2.05, 4.69) is 42.2 Å². The molecule has 0 radical (unpaired) electrons. The van der Waals surface area contributed by atoms with Crippen molar-refractivity contribution < 1.29 is 14.0 Å². The van der Waals surface area contributed by atoms with E-state index in [1.54, 1.807) is 40.3 Å². The number of fused-ring (bicyclic) bond motifs is 1. The van der Waals surface area contributed by atoms with Crippen LogP contribution < -0.4 is 5.32 Å². The van der Waals surface area contributed by atoms with Gasteiger partial charge in [0.05, 0.1) is 31.8 Å². The summed E-state index contributed by atoms with van der Waals surface area (Å²) in [4.78, 5) is 33.0. The van der Waals surface area contributed by atoms with Crippen LogP contribution in [0.15, 0.2) is 105 Å². The Balaban J connectivity index is 1.27. The Morgan fingerprint density at radius 3 is 2.51 bits per heavy atom. The first kappa shape index (κ1) is 23.7. The van der Waals surface area contributed by atoms with Crippen molar-refractivity contribution in [1.29, 1.82) is 0 Å². The first-order chi connectivity index (χ1) is 17.9. The summed E-state index contributed by atoms with van der Waals surface area (Å²) in [5.41, 5.74) is 3.70. The first-order valence-corrected chi connectivity index (χ1v) is 13.1. The van der Waals surface area contributed by atoms with Gasteiger partial charge >= 0.3 is 0 Å². The first-order valence-electron chi connectivity index (χ1n) is 11.5. The maximum atomic E-state index is 13.5. The van der Waals surface area contributed by atoms with Crippen LogP contribution in [0.1, 0.15) is 26.4 Å². The SMILES string of the molecule is O=C(NC1(c2ccc(Br)cc2)CN(C(=O)c2cccc(-c3ccoc3)c2)C1)c1cnc2cc(Br)ccn12. The molecule has 184 valence electrons. The summed E-state index contributed by atoms with van der Waals surface area (Å²) in [6.07, 6.45) is 6.63. The summed E-state index contributed by atoms with van der Waals surface area (Å²) < 4.78 is 8.76. The standard InChI is InChI=1S/C28H20Br2N4O3/c29-22-6-4-21(5-7-22)28(32-26(35)24-14-31-25-13-23(30)8-10-34(24)25)16-33(17-28)27(36)19-3-1-2-18(12-19)20-9-11-37-15-20/h1-15H,16-17H2,(H,32,35). The van der Waals surface area contributed by atoms with Crippen LogP contribution in [0.3, 0.4) is 0 Å². The molecule has 2 amide bonds. The van der Waals surface area contributed by atoms with Crippen molar-refractivity contribution >= 4 is 49.3 Å². The molecule has 0 spiro atoms. The van der Waals surface area contributed by atoms with Crippen LogP contribution in [0.25, 0.3) is 16.8 Å². The fourth-order valence-corrected chi connectivity index (χ4v) is 5.29. The molecule has 37 heavy (non-hydrogen) atoms. The molecule has 1 aliphatic heterocycles. The Bertz CT molecular complexity index is 1620. The zero-order valence-corrected chi connectivity index (χ0v) is 22.6. The van der Waals surface area contributed by atoms with Gasteiger partial charge in [0.25, 0.3) is 11.8 Å². The van der Waals surface area contributed by atoms with Crippen molar-refractivity contribution in [2.45, 2.75) is 5.54 Å². The molecule has 0 aliphatic carbocycles. The normalized spacial score (nSPS) is 14.4. The van der Waals surface area contributed by atoms with E-state index in [1.165, 1.54) is 0 Å². The van der Waals surface area contributed by atoms with Gasteiger partial charge in [0.1, 0.15) is 16.9 Å². The molecule has 5 aromatic rings. The largest absolute Gasteiger partial charge is 0.472 e. The van der Waals surface area contributed by atoms with Gasteiger partial charge in [-0.25, -0.2) is 4.98 Å². The summed E-state index contributed by atoms with van der Waals surface area (Å²) in [5.74, 6) is -0.348. The number of carbonyl (C=O) groups excluding carboxylic acids is 2. The molecule has 0 atom stereocenters. The molecule has 7 nitrogen and oxygen atoms in total. The van der Waals surface area contributed by atoms with Crippen molar-refractivity contribution in [3.05, 3.63) is 117 Å². The number of carbonyl (C=O) groups is 2. The molecule has 1 aliphatic rings. The molecule has 9 heteroatoms. The zero-order chi connectivity index (χ0) is 25.6. The maximum absolute atomic E-state index is 13.5. The van der Waals surface area contributed by atoms with Crippen LogP contribution in [-0.4, -0.2) is 39.2 Å². The summed E-state index contributed by atoms with van der Waals surface area (Å²) in [6.45, 7) is 0.689. The van der Waals surface area contributed by atoms with E-state index >= 15 is 0 Å². The predicted octanol–water partition coefficient (Wildman–Crippen LogP) is 5.90. The highest BCUT2D eigenvalue weighted by Crippen LogP contribution is 2.35. The van der Waals surface area contributed by atoms with Crippen LogP contribution in [0.5, 0.6) is 0 Å². The van der Waals surface area contributed by atoms with Crippen molar-refractivity contribution in [1.82, 2.24) is 19.6 Å². The number of benzene rings is 2. The molecular weight excluding hydrogens is 600 g/mol. The number of hydrogen-bond acceptors (Lipinski definition) is 4. The van der Waals surface area contributed by atoms with E-state index in [1.807, 2.05) is 60.7 Å². The zero-order valence-electron chi connectivity index (χ0n) is 19.4. The van der Waals surface area contributed by atoms with E-state index in [9.17, 15) is 9.59 Å². The highest BCUT2D eigenvalue weighted by Gasteiger charge is 2.48. The third kappa shape index (κ3) is 4.38. The van der Waals surface area contributed by atoms with Crippen molar-refractivity contribution in [3.63, 3.8) is 0 Å². The van der Waals surface area contributed by atoms with Crippen molar-refractivity contribution in [2.24, 2.45) is 0 Å². The van der Waals surface area contributed by atoms with Gasteiger partial charge in [0.15, 0.2) is 0 Å². The number of aromatic nitrogens is 2. The van der Waals surface area contributed by atoms with Crippen molar-refractivity contribution in [2.75, 3.05) is 13.1 Å². The minimum absolute atomic E-state index is 0.0908. The number of rotatable bonds is 5. The van der Waals surface area contributed by atoms with Crippen LogP contribution in [0, 0.1) is 0 Å². The summed E-state index contributed by atoms with van der Waals surface area (Å²) >= 11 is 6.92. The van der Waals surface area contributed by atoms with E-state index in [0.29, 0.717) is 30.0 Å². The lowest BCUT2D eigenvalue weighted by atomic mass is 9.81. The Hall–Kier alpha value is -3.69. The van der Waals surface area contributed by atoms with Gasteiger partial charge in [0, 0.05) is 26.3 Å². The van der Waals surface area contributed by atoms with Crippen LogP contribution >= 0.6 is 31.9 Å². The fourth-order valence-electron chi connectivity index (χ4n) is 4.70. The number of furan rings is 1. The highest BCUT2D eigenvalue weighted by molar-refractivity contribution is 9.10. The number of nitrogens with zero attached hydrogens (tertiary/aromatic N) is 3. The Morgan fingerprint density at radius 1 is 0.946 bits per heavy atom. The lowest BCUT2D eigenvalue weighted by Crippen LogP contribution is -2.69. The number of nitrogens with one attached hydrogen (secondary N) is 1. The summed E-state index contributed by atoms with van der Waals surface area (Å²) in [7, 11) is 0. The van der Waals surface area contributed by atoms with Gasteiger partial charge in [0.2, 0.25) is 0 Å². The van der Waals surface area contributed by atoms with Crippen LogP contribution in [0.2, 0.25) is 0 Å². The molecule has 4 heterocycles. The van der Waals surface area contributed by atoms with Gasteiger partial charge in [-0.2, -0.15) is 0 Å². The van der Waals surface area contributed by atoms with Gasteiger partial charge in [-0.15, -0.1) is 0 Å². The number of imidazole rings is 1. The number of hydrogen-bond donors (Lipinski definition) is 1. The minimum Gasteiger partial charge on any atom is -0.472 e. The number of halogens is 2. The minimum atomic E-state index is -0.727. The summed E-state index contributed by atoms with van der Waals surface area (Å²) in [6, 6.07) is 20.9. The third-order valence-electron chi connectivity index (χ3n) is 6.63. The average Bonchev–Trinajstić information content (AvgIpc) is 3.56. The molecule has 6 rings (SSSR count). The lowest BCUT2D eigenvalue weighted by molar-refractivity contribution is 0.0260. The number of likely N-dealkylation sites (tertiary alicyclic amines) is 1. The smallest absolute Gasteiger partial charge is 0.270 e. The van der Waals surface area contributed by atoms with E-state index in [-0.39, 0.29) is 11.8 Å². The van der Waals surface area contributed by atoms with E-state index < -0.39 is 5.54 Å². The molecule has 0 unspecified atom stereocenters. The average molecular weight is 620 g/mol. The number of pyridine rings is 1. The van der Waals surface area contributed by atoms with Gasteiger partial charge in [-0.1, -0.05) is 56.1 Å². The molecule has 1 N–H and O–H groups in total. The maximum Gasteiger partial charge on any atom is 0.270 e. The third-order valence-corrected chi connectivity index (χ3v) is 7.65. The van der Waals surface area contributed by atoms with Crippen LogP contribution in [-0.2, 0) is 5.54 Å². The van der Waals surface area contributed by atoms with E-state index in [4.69, 9.17) is 4.42 Å². The molecule has 0 saturated carbocycles. The molecule has 1 saturated heterocycles. The van der Waals surface area contributed by atoms with Crippen molar-refractivity contribution in [3.8, 4) is 11.1 Å². The lowest BCUT2D eigenvalue weighted by Gasteiger charge is -2.50. The number of amides is 2. The Labute approximate surface area is 229 Å². The molecule has 2 aromatic carbocycles. The second-order valence-corrected chi connectivity index (χ2v) is 10.8. The molecule has 1 fully saturated rings. The Morgan fingerprint density at radius 2 is 1.76 bits per heavy atom. The topological polar surface area (TPSA) is 79.8 Å². The predicted molar refractivity (Wildman–Crippen MR) is 146 cm³/mol.